The molecule has 158 valence electrons. The molecule has 8 heteroatoms. The van der Waals surface area contributed by atoms with Crippen LogP contribution in [0.4, 0.5) is 5.69 Å². The van der Waals surface area contributed by atoms with Crippen LogP contribution in [0.1, 0.15) is 30.0 Å². The number of amides is 2. The Hall–Kier alpha value is -2.76. The van der Waals surface area contributed by atoms with Gasteiger partial charge < -0.3 is 9.80 Å². The van der Waals surface area contributed by atoms with Crippen molar-refractivity contribution in [3.63, 3.8) is 0 Å². The van der Waals surface area contributed by atoms with Gasteiger partial charge in [0.05, 0.1) is 23.2 Å². The maximum Gasteiger partial charge on any atom is 0.227 e. The number of rotatable bonds is 8. The number of thiazole rings is 1. The van der Waals surface area contributed by atoms with Gasteiger partial charge in [-0.1, -0.05) is 18.2 Å². The Balaban J connectivity index is 1.46. The normalized spacial score (nSPS) is 14.3. The number of aryl methyl sites for hydroxylation is 1. The average Bonchev–Trinajstić information content (AvgIpc) is 3.18. The van der Waals surface area contributed by atoms with Crippen LogP contribution in [0.15, 0.2) is 35.7 Å². The molecular weight excluding hydrogens is 398 g/mol. The average molecular weight is 426 g/mol. The molecule has 0 saturated carbocycles. The highest BCUT2D eigenvalue weighted by Gasteiger charge is 2.23. The Morgan fingerprint density at radius 2 is 1.90 bits per heavy atom. The van der Waals surface area contributed by atoms with Crippen LogP contribution in [0, 0.1) is 18.3 Å². The summed E-state index contributed by atoms with van der Waals surface area (Å²) in [6.07, 6.45) is 0.604. The van der Waals surface area contributed by atoms with E-state index in [0.717, 1.165) is 36.0 Å². The Kier molecular flexibility index (Phi) is 7.94. The number of hydrogen-bond donors (Lipinski definition) is 0. The fourth-order valence-corrected chi connectivity index (χ4v) is 4.14. The monoisotopic (exact) mass is 425 g/mol. The second kappa shape index (κ2) is 10.9. The van der Waals surface area contributed by atoms with Crippen molar-refractivity contribution in [2.24, 2.45) is 0 Å². The third kappa shape index (κ3) is 6.12. The second-order valence-corrected chi connectivity index (χ2v) is 8.37. The summed E-state index contributed by atoms with van der Waals surface area (Å²) in [4.78, 5) is 35.6. The van der Waals surface area contributed by atoms with Gasteiger partial charge in [0.15, 0.2) is 0 Å². The summed E-state index contributed by atoms with van der Waals surface area (Å²) in [6, 6.07) is 11.4. The van der Waals surface area contributed by atoms with E-state index in [9.17, 15) is 9.59 Å². The van der Waals surface area contributed by atoms with Gasteiger partial charge in [-0.25, -0.2) is 4.98 Å². The van der Waals surface area contributed by atoms with Gasteiger partial charge in [0, 0.05) is 63.2 Å². The number of para-hydroxylation sites is 1. The first kappa shape index (κ1) is 21.9. The molecule has 1 aromatic heterocycles. The number of piperazine rings is 1. The minimum atomic E-state index is -0.123. The molecular formula is C22H27N5O2S. The smallest absolute Gasteiger partial charge is 0.227 e. The number of nitrogens with zero attached hydrogens (tertiary/aromatic N) is 5. The van der Waals surface area contributed by atoms with E-state index in [4.69, 9.17) is 5.26 Å². The first-order chi connectivity index (χ1) is 14.6. The number of benzene rings is 1. The number of nitriles is 1. The van der Waals surface area contributed by atoms with E-state index < -0.39 is 0 Å². The van der Waals surface area contributed by atoms with Crippen molar-refractivity contribution in [1.82, 2.24) is 14.8 Å². The zero-order valence-electron chi connectivity index (χ0n) is 17.3. The van der Waals surface area contributed by atoms with Gasteiger partial charge in [-0.15, -0.1) is 11.3 Å². The van der Waals surface area contributed by atoms with Crippen LogP contribution in [0.5, 0.6) is 0 Å². The number of anilines is 1. The van der Waals surface area contributed by atoms with Crippen LogP contribution >= 0.6 is 11.3 Å². The molecule has 0 aliphatic carbocycles. The molecule has 0 bridgehead atoms. The highest BCUT2D eigenvalue weighted by molar-refractivity contribution is 7.09. The topological polar surface area (TPSA) is 80.5 Å². The van der Waals surface area contributed by atoms with Crippen LogP contribution in [0.3, 0.4) is 0 Å². The Morgan fingerprint density at radius 1 is 1.17 bits per heavy atom. The quantitative estimate of drug-likeness (QED) is 0.650. The van der Waals surface area contributed by atoms with Crippen LogP contribution in [-0.4, -0.2) is 59.3 Å². The molecule has 1 aromatic carbocycles. The molecule has 3 rings (SSSR count). The van der Waals surface area contributed by atoms with Gasteiger partial charge in [0.2, 0.25) is 11.8 Å². The molecule has 0 spiro atoms. The summed E-state index contributed by atoms with van der Waals surface area (Å²) in [6.45, 7) is 6.13. The summed E-state index contributed by atoms with van der Waals surface area (Å²) in [5.41, 5.74) is 1.84. The van der Waals surface area contributed by atoms with E-state index in [1.807, 2.05) is 42.2 Å². The summed E-state index contributed by atoms with van der Waals surface area (Å²) in [7, 11) is 0. The molecule has 0 radical (unpaired) electrons. The molecule has 1 fully saturated rings. The van der Waals surface area contributed by atoms with Crippen LogP contribution in [-0.2, 0) is 16.1 Å². The SMILES string of the molecule is Cc1nc(CN2CCN(C(=O)CCC(=O)N(CCC#N)c3ccccc3)CC2)cs1. The highest BCUT2D eigenvalue weighted by atomic mass is 32.1. The molecule has 0 N–H and O–H groups in total. The molecule has 0 unspecified atom stereocenters. The first-order valence-electron chi connectivity index (χ1n) is 10.2. The van der Waals surface area contributed by atoms with Gasteiger partial charge in [0.1, 0.15) is 0 Å². The Bertz CT molecular complexity index is 884. The van der Waals surface area contributed by atoms with E-state index in [0.29, 0.717) is 19.6 Å². The molecule has 1 aliphatic rings. The Labute approximate surface area is 181 Å². The zero-order chi connectivity index (χ0) is 21.3. The lowest BCUT2D eigenvalue weighted by atomic mass is 10.2. The molecule has 7 nitrogen and oxygen atoms in total. The number of carbonyl (C=O) groups excluding carboxylic acids is 2. The van der Waals surface area contributed by atoms with Crippen molar-refractivity contribution in [1.29, 1.82) is 5.26 Å². The predicted molar refractivity (Wildman–Crippen MR) is 117 cm³/mol. The van der Waals surface area contributed by atoms with Gasteiger partial charge in [-0.2, -0.15) is 5.26 Å². The second-order valence-electron chi connectivity index (χ2n) is 7.30. The number of hydrogen-bond acceptors (Lipinski definition) is 6. The predicted octanol–water partition coefficient (Wildman–Crippen LogP) is 2.82. The Morgan fingerprint density at radius 3 is 2.53 bits per heavy atom. The van der Waals surface area contributed by atoms with Crippen molar-refractivity contribution < 1.29 is 9.59 Å². The number of carbonyl (C=O) groups is 2. The third-order valence-corrected chi connectivity index (χ3v) is 5.97. The van der Waals surface area contributed by atoms with Gasteiger partial charge in [0.25, 0.3) is 0 Å². The molecule has 2 amide bonds. The van der Waals surface area contributed by atoms with Crippen LogP contribution in [0.25, 0.3) is 0 Å². The van der Waals surface area contributed by atoms with Crippen LogP contribution in [0.2, 0.25) is 0 Å². The van der Waals surface area contributed by atoms with Crippen LogP contribution < -0.4 is 4.90 Å². The fourth-order valence-electron chi connectivity index (χ4n) is 3.54. The van der Waals surface area contributed by atoms with Crippen molar-refractivity contribution >= 4 is 28.8 Å². The van der Waals surface area contributed by atoms with E-state index in [-0.39, 0.29) is 31.1 Å². The number of aromatic nitrogens is 1. The van der Waals surface area contributed by atoms with Gasteiger partial charge in [-0.3, -0.25) is 14.5 Å². The lowest BCUT2D eigenvalue weighted by molar-refractivity contribution is -0.134. The standard InChI is InChI=1S/C22H27N5O2S/c1-18-24-19(17-30-18)16-25-12-14-26(15-13-25)21(28)8-9-22(29)27(11-5-10-23)20-6-3-2-4-7-20/h2-4,6-7,17H,5,8-9,11-16H2,1H3. The van der Waals surface area contributed by atoms with Crippen molar-refractivity contribution in [2.45, 2.75) is 32.7 Å². The molecule has 1 aliphatic heterocycles. The maximum absolute atomic E-state index is 12.7. The molecule has 2 heterocycles. The summed E-state index contributed by atoms with van der Waals surface area (Å²) < 4.78 is 0. The van der Waals surface area contributed by atoms with E-state index in [1.54, 1.807) is 16.2 Å². The van der Waals surface area contributed by atoms with Crippen molar-refractivity contribution in [3.8, 4) is 6.07 Å². The largest absolute Gasteiger partial charge is 0.340 e. The highest BCUT2D eigenvalue weighted by Crippen LogP contribution is 2.17. The molecule has 30 heavy (non-hydrogen) atoms. The molecule has 1 saturated heterocycles. The van der Waals surface area contributed by atoms with E-state index in [2.05, 4.69) is 21.3 Å². The molecule has 0 atom stereocenters. The van der Waals surface area contributed by atoms with Gasteiger partial charge >= 0.3 is 0 Å². The van der Waals surface area contributed by atoms with Crippen molar-refractivity contribution in [3.05, 3.63) is 46.4 Å². The summed E-state index contributed by atoms with van der Waals surface area (Å²) in [5.74, 6) is -0.108. The van der Waals surface area contributed by atoms with Gasteiger partial charge in [-0.05, 0) is 19.1 Å². The molecule has 2 aromatic rings. The van der Waals surface area contributed by atoms with Crippen molar-refractivity contribution in [2.75, 3.05) is 37.6 Å². The minimum Gasteiger partial charge on any atom is -0.340 e. The summed E-state index contributed by atoms with van der Waals surface area (Å²) in [5, 5.41) is 12.1. The lowest BCUT2D eigenvalue weighted by Gasteiger charge is -2.34. The fraction of sp³-hybridized carbons (Fsp3) is 0.455. The van der Waals surface area contributed by atoms with E-state index >= 15 is 0 Å². The first-order valence-corrected chi connectivity index (χ1v) is 11.1. The zero-order valence-corrected chi connectivity index (χ0v) is 18.1. The third-order valence-electron chi connectivity index (χ3n) is 5.15. The summed E-state index contributed by atoms with van der Waals surface area (Å²) >= 11 is 1.66. The minimum absolute atomic E-state index is 0.0146. The van der Waals surface area contributed by atoms with E-state index in [1.165, 1.54) is 0 Å². The lowest BCUT2D eigenvalue weighted by Crippen LogP contribution is -2.48. The maximum atomic E-state index is 12.7.